The Morgan fingerprint density at radius 1 is 0.929 bits per heavy atom. The molecule has 1 aromatic heterocycles. The van der Waals surface area contributed by atoms with Crippen molar-refractivity contribution in [2.75, 3.05) is 25.0 Å². The van der Waals surface area contributed by atoms with Crippen LogP contribution in [-0.2, 0) is 6.18 Å². The van der Waals surface area contributed by atoms with Gasteiger partial charge in [0.2, 0.25) is 0 Å². The second-order valence-corrected chi connectivity index (χ2v) is 7.04. The zero-order valence-electron chi connectivity index (χ0n) is 15.5. The molecule has 0 aliphatic carbocycles. The second kappa shape index (κ2) is 7.39. The molecule has 1 aliphatic rings. The fourth-order valence-electron chi connectivity index (χ4n) is 3.73. The predicted octanol–water partition coefficient (Wildman–Crippen LogP) is 4.50. The maximum atomic E-state index is 12.8. The minimum absolute atomic E-state index is 0.516. The molecule has 0 saturated carbocycles. The van der Waals surface area contributed by atoms with E-state index in [0.29, 0.717) is 17.3 Å². The molecule has 4 nitrogen and oxygen atoms in total. The van der Waals surface area contributed by atoms with Crippen molar-refractivity contribution in [3.05, 3.63) is 54.1 Å². The predicted molar refractivity (Wildman–Crippen MR) is 104 cm³/mol. The van der Waals surface area contributed by atoms with E-state index < -0.39 is 11.7 Å². The normalized spacial score (nSPS) is 15.9. The van der Waals surface area contributed by atoms with Gasteiger partial charge >= 0.3 is 6.18 Å². The van der Waals surface area contributed by atoms with Crippen LogP contribution in [0.15, 0.2) is 48.5 Å². The molecule has 146 valence electrons. The maximum absolute atomic E-state index is 12.8. The van der Waals surface area contributed by atoms with Crippen LogP contribution in [0.5, 0.6) is 0 Å². The number of hydrogen-bond acceptors (Lipinski definition) is 4. The molecule has 1 saturated heterocycles. The summed E-state index contributed by atoms with van der Waals surface area (Å²) in [4.78, 5) is 2.24. The lowest BCUT2D eigenvalue weighted by molar-refractivity contribution is -0.137. The minimum atomic E-state index is -4.35. The van der Waals surface area contributed by atoms with Crippen molar-refractivity contribution in [2.24, 2.45) is 0 Å². The number of nitrogens with zero attached hydrogens (tertiary/aromatic N) is 3. The Hall–Kier alpha value is -2.67. The topological polar surface area (TPSA) is 41.0 Å². The van der Waals surface area contributed by atoms with Crippen LogP contribution in [0.4, 0.5) is 19.0 Å². The summed E-state index contributed by atoms with van der Waals surface area (Å²) in [5, 5.41) is 14.0. The molecule has 0 amide bonds. The fraction of sp³-hybridized carbons (Fsp3) is 0.333. The molecule has 28 heavy (non-hydrogen) atoms. The van der Waals surface area contributed by atoms with Crippen LogP contribution in [0.25, 0.3) is 22.0 Å². The van der Waals surface area contributed by atoms with Gasteiger partial charge in [-0.2, -0.15) is 13.2 Å². The first-order valence-electron chi connectivity index (χ1n) is 9.32. The molecule has 0 bridgehead atoms. The number of hydrogen-bond donors (Lipinski definition) is 1. The van der Waals surface area contributed by atoms with E-state index in [1.54, 1.807) is 0 Å². The van der Waals surface area contributed by atoms with Crippen molar-refractivity contribution < 1.29 is 13.2 Å². The van der Waals surface area contributed by atoms with Crippen LogP contribution in [0.3, 0.4) is 0 Å². The molecule has 2 heterocycles. The number of rotatable bonds is 3. The van der Waals surface area contributed by atoms with Crippen LogP contribution in [-0.4, -0.2) is 36.4 Å². The number of piperidine rings is 1. The first-order chi connectivity index (χ1) is 13.5. The third-order valence-electron chi connectivity index (χ3n) is 5.36. The first-order valence-corrected chi connectivity index (χ1v) is 9.32. The van der Waals surface area contributed by atoms with Gasteiger partial charge < -0.3 is 10.2 Å². The van der Waals surface area contributed by atoms with E-state index in [-0.39, 0.29) is 0 Å². The van der Waals surface area contributed by atoms with E-state index >= 15 is 0 Å². The van der Waals surface area contributed by atoms with Gasteiger partial charge in [0.05, 0.1) is 5.56 Å². The van der Waals surface area contributed by atoms with Crippen LogP contribution in [0.1, 0.15) is 18.4 Å². The van der Waals surface area contributed by atoms with Gasteiger partial charge in [-0.1, -0.05) is 36.4 Å². The molecule has 1 aliphatic heterocycles. The highest BCUT2D eigenvalue weighted by Gasteiger charge is 2.30. The summed E-state index contributed by atoms with van der Waals surface area (Å²) in [6.45, 7) is 1.79. The third kappa shape index (κ3) is 3.54. The lowest BCUT2D eigenvalue weighted by Gasteiger charge is -2.33. The summed E-state index contributed by atoms with van der Waals surface area (Å²) in [6, 6.07) is 13.4. The molecule has 0 unspecified atom stereocenters. The van der Waals surface area contributed by atoms with E-state index in [2.05, 4.69) is 20.4 Å². The number of anilines is 1. The second-order valence-electron chi connectivity index (χ2n) is 7.04. The van der Waals surface area contributed by atoms with Gasteiger partial charge in [-0.25, -0.2) is 0 Å². The number of nitrogens with one attached hydrogen (secondary N) is 1. The van der Waals surface area contributed by atoms with Gasteiger partial charge in [0, 0.05) is 35.5 Å². The number of alkyl halides is 3. The average Bonchev–Trinajstić information content (AvgIpc) is 2.72. The Bertz CT molecular complexity index is 962. The van der Waals surface area contributed by atoms with Crippen molar-refractivity contribution >= 4 is 16.6 Å². The smallest absolute Gasteiger partial charge is 0.354 e. The van der Waals surface area contributed by atoms with Crippen molar-refractivity contribution in [1.82, 2.24) is 15.5 Å². The van der Waals surface area contributed by atoms with Gasteiger partial charge in [0.1, 0.15) is 5.69 Å². The van der Waals surface area contributed by atoms with Crippen LogP contribution < -0.4 is 10.2 Å². The SMILES string of the molecule is CNC1CCN(c2nnc(-c3ccc(C(F)(F)F)cc3)c3ccccc23)CC1. The minimum Gasteiger partial charge on any atom is -0.354 e. The number of aromatic nitrogens is 2. The number of benzene rings is 2. The van der Waals surface area contributed by atoms with E-state index in [4.69, 9.17) is 0 Å². The Kier molecular flexibility index (Phi) is 4.93. The highest BCUT2D eigenvalue weighted by molar-refractivity contribution is 6.00. The summed E-state index contributed by atoms with van der Waals surface area (Å²) in [5.74, 6) is 0.834. The Balaban J connectivity index is 1.72. The fourth-order valence-corrected chi connectivity index (χ4v) is 3.73. The summed E-state index contributed by atoms with van der Waals surface area (Å²) in [5.41, 5.74) is 0.549. The third-order valence-corrected chi connectivity index (χ3v) is 5.36. The van der Waals surface area contributed by atoms with Crippen molar-refractivity contribution in [3.63, 3.8) is 0 Å². The molecular weight excluding hydrogens is 365 g/mol. The Morgan fingerprint density at radius 2 is 1.57 bits per heavy atom. The van der Waals surface area contributed by atoms with Gasteiger partial charge in [0.25, 0.3) is 0 Å². The van der Waals surface area contributed by atoms with E-state index in [1.165, 1.54) is 12.1 Å². The number of halogens is 3. The molecule has 2 aromatic carbocycles. The summed E-state index contributed by atoms with van der Waals surface area (Å²) >= 11 is 0. The molecule has 1 fully saturated rings. The lowest BCUT2D eigenvalue weighted by Crippen LogP contribution is -2.41. The maximum Gasteiger partial charge on any atom is 0.416 e. The molecule has 3 aromatic rings. The summed E-state index contributed by atoms with van der Waals surface area (Å²) in [6.07, 6.45) is -2.28. The van der Waals surface area contributed by atoms with Crippen molar-refractivity contribution in [2.45, 2.75) is 25.1 Å². The molecule has 1 N–H and O–H groups in total. The van der Waals surface area contributed by atoms with Crippen molar-refractivity contribution in [3.8, 4) is 11.3 Å². The molecule has 0 radical (unpaired) electrons. The molecule has 4 rings (SSSR count). The van der Waals surface area contributed by atoms with E-state index in [0.717, 1.165) is 54.7 Å². The Morgan fingerprint density at radius 3 is 2.18 bits per heavy atom. The number of fused-ring (bicyclic) bond motifs is 1. The summed E-state index contributed by atoms with van der Waals surface area (Å²) < 4.78 is 38.5. The van der Waals surface area contributed by atoms with Gasteiger partial charge in [-0.15, -0.1) is 10.2 Å². The first kappa shape index (κ1) is 18.7. The molecule has 0 atom stereocenters. The summed E-state index contributed by atoms with van der Waals surface area (Å²) in [7, 11) is 1.98. The van der Waals surface area contributed by atoms with Gasteiger partial charge in [0.15, 0.2) is 5.82 Å². The Labute approximate surface area is 161 Å². The molecular formula is C21H21F3N4. The van der Waals surface area contributed by atoms with Crippen molar-refractivity contribution in [1.29, 1.82) is 0 Å². The van der Waals surface area contributed by atoms with Gasteiger partial charge in [-0.05, 0) is 32.0 Å². The van der Waals surface area contributed by atoms with E-state index in [9.17, 15) is 13.2 Å². The zero-order valence-corrected chi connectivity index (χ0v) is 15.5. The van der Waals surface area contributed by atoms with Crippen LogP contribution >= 0.6 is 0 Å². The van der Waals surface area contributed by atoms with Crippen LogP contribution in [0.2, 0.25) is 0 Å². The average molecular weight is 386 g/mol. The van der Waals surface area contributed by atoms with Gasteiger partial charge in [-0.3, -0.25) is 0 Å². The largest absolute Gasteiger partial charge is 0.416 e. The molecule has 0 spiro atoms. The zero-order chi connectivity index (χ0) is 19.7. The standard InChI is InChI=1S/C21H21F3N4/c1-25-16-10-12-28(13-11-16)20-18-5-3-2-4-17(18)19(26-27-20)14-6-8-15(9-7-14)21(22,23)24/h2-9,16,25H,10-13H2,1H3. The highest BCUT2D eigenvalue weighted by atomic mass is 19.4. The van der Waals surface area contributed by atoms with Crippen LogP contribution in [0, 0.1) is 0 Å². The monoisotopic (exact) mass is 386 g/mol. The quantitative estimate of drug-likeness (QED) is 0.719. The van der Waals surface area contributed by atoms with E-state index in [1.807, 2.05) is 31.3 Å². The molecule has 7 heteroatoms. The lowest BCUT2D eigenvalue weighted by atomic mass is 10.0. The highest BCUT2D eigenvalue weighted by Crippen LogP contribution is 2.34.